The minimum Gasteiger partial charge on any atom is -0.243 e. The summed E-state index contributed by atoms with van der Waals surface area (Å²) in [4.78, 5) is 4.10. The van der Waals surface area contributed by atoms with Gasteiger partial charge in [-0.15, -0.1) is 0 Å². The Bertz CT molecular complexity index is 191. The second kappa shape index (κ2) is 1.73. The molecule has 0 aliphatic carbocycles. The Morgan fingerprint density at radius 1 is 1.78 bits per heavy atom. The van der Waals surface area contributed by atoms with E-state index in [0.717, 1.165) is 19.0 Å². The van der Waals surface area contributed by atoms with Gasteiger partial charge in [-0.25, -0.2) is 5.32 Å². The van der Waals surface area contributed by atoms with Crippen LogP contribution in [0.25, 0.3) is 0 Å². The van der Waals surface area contributed by atoms with Crippen molar-refractivity contribution in [3.05, 3.63) is 0 Å². The smallest absolute Gasteiger partial charge is 0.243 e. The molecular weight excluding hydrogens is 116 g/mol. The first kappa shape index (κ1) is 4.81. The van der Waals surface area contributed by atoms with Crippen molar-refractivity contribution in [3.63, 3.8) is 0 Å². The number of aliphatic imine (C=N–C) groups is 1. The van der Waals surface area contributed by atoms with Crippen LogP contribution in [0, 0.1) is 0 Å². The summed E-state index contributed by atoms with van der Waals surface area (Å²) >= 11 is 0. The zero-order chi connectivity index (χ0) is 6.10. The maximum absolute atomic E-state index is 4.10. The normalized spacial score (nSPS) is 23.1. The summed E-state index contributed by atoms with van der Waals surface area (Å²) in [5.41, 5.74) is 0. The molecule has 0 fully saturated rings. The lowest BCUT2D eigenvalue weighted by molar-refractivity contribution is -0.529. The van der Waals surface area contributed by atoms with Gasteiger partial charge in [-0.2, -0.15) is 0 Å². The molecular formula is C5H7N4+2. The summed E-state index contributed by atoms with van der Waals surface area (Å²) in [5.74, 6) is 1.01. The van der Waals surface area contributed by atoms with E-state index in [0.29, 0.717) is 0 Å². The van der Waals surface area contributed by atoms with E-state index in [1.54, 1.807) is 12.4 Å². The van der Waals surface area contributed by atoms with Crippen molar-refractivity contribution in [3.8, 4) is 0 Å². The Kier molecular flexibility index (Phi) is 0.927. The van der Waals surface area contributed by atoms with E-state index in [9.17, 15) is 0 Å². The van der Waals surface area contributed by atoms with Crippen LogP contribution in [0.5, 0.6) is 0 Å². The Balaban J connectivity index is 2.41. The molecule has 0 aromatic rings. The van der Waals surface area contributed by atoms with E-state index < -0.39 is 0 Å². The summed E-state index contributed by atoms with van der Waals surface area (Å²) < 4.78 is 1.85. The summed E-state index contributed by atoms with van der Waals surface area (Å²) in [7, 11) is 0. The van der Waals surface area contributed by atoms with Crippen molar-refractivity contribution in [2.75, 3.05) is 13.2 Å². The summed E-state index contributed by atoms with van der Waals surface area (Å²) in [6.45, 7) is 1.64. The van der Waals surface area contributed by atoms with E-state index in [-0.39, 0.29) is 0 Å². The molecule has 2 aliphatic rings. The van der Waals surface area contributed by atoms with Crippen LogP contribution in [0.2, 0.25) is 0 Å². The SMILES string of the molecule is C1=N[N+]2=C(CNC2)[N+]=C1. The Labute approximate surface area is 52.6 Å². The van der Waals surface area contributed by atoms with E-state index in [2.05, 4.69) is 15.4 Å². The predicted molar refractivity (Wildman–Crippen MR) is 34.8 cm³/mol. The molecule has 0 atom stereocenters. The number of hydrazone groups is 1. The van der Waals surface area contributed by atoms with E-state index in [1.165, 1.54) is 0 Å². The number of hydrogen-bond donors (Lipinski definition) is 1. The molecule has 9 heavy (non-hydrogen) atoms. The highest BCUT2D eigenvalue weighted by molar-refractivity contribution is 6.18. The molecule has 45 valence electrons. The molecule has 0 amide bonds. The maximum Gasteiger partial charge on any atom is 0.522 e. The standard InChI is InChI=1S/C5H7N4/c1-2-8-9-4-6-3-5(9)7-1/h1-2,6H,3-4H2/q+2. The number of nitrogens with zero attached hydrogens (tertiary/aromatic N) is 3. The molecule has 1 radical (unpaired) electrons. The van der Waals surface area contributed by atoms with Crippen LogP contribution in [-0.2, 0) is 0 Å². The van der Waals surface area contributed by atoms with Gasteiger partial charge in [0, 0.05) is 5.10 Å². The average Bonchev–Trinajstić information content (AvgIpc) is 2.33. The highest BCUT2D eigenvalue weighted by Gasteiger charge is 2.32. The van der Waals surface area contributed by atoms with Crippen LogP contribution in [0.15, 0.2) is 5.10 Å². The maximum atomic E-state index is 4.10. The van der Waals surface area contributed by atoms with Crippen molar-refractivity contribution < 1.29 is 4.68 Å². The fourth-order valence-corrected chi connectivity index (χ4v) is 0.906. The average molecular weight is 123 g/mol. The first-order valence-corrected chi connectivity index (χ1v) is 2.87. The predicted octanol–water partition coefficient (Wildman–Crippen LogP) is -1.64. The molecule has 0 spiro atoms. The van der Waals surface area contributed by atoms with E-state index >= 15 is 0 Å². The highest BCUT2D eigenvalue weighted by Crippen LogP contribution is 1.86. The molecule has 2 rings (SSSR count). The van der Waals surface area contributed by atoms with Gasteiger partial charge in [0.25, 0.3) is 6.21 Å². The number of amidine groups is 1. The van der Waals surface area contributed by atoms with Gasteiger partial charge in [-0.1, -0.05) is 0 Å². The first-order valence-electron chi connectivity index (χ1n) is 2.87. The second-order valence-electron chi connectivity index (χ2n) is 1.94. The Morgan fingerprint density at radius 3 is 3.67 bits per heavy atom. The number of rotatable bonds is 0. The molecule has 0 saturated carbocycles. The second-order valence-corrected chi connectivity index (χ2v) is 1.94. The Hall–Kier alpha value is -1.03. The quantitative estimate of drug-likeness (QED) is 0.386. The third-order valence-electron chi connectivity index (χ3n) is 1.34. The van der Waals surface area contributed by atoms with Gasteiger partial charge in [-0.3, -0.25) is 0 Å². The lowest BCUT2D eigenvalue weighted by Gasteiger charge is -1.79. The zero-order valence-corrected chi connectivity index (χ0v) is 4.91. The van der Waals surface area contributed by atoms with Crippen LogP contribution in [-0.4, -0.2) is 36.2 Å². The summed E-state index contributed by atoms with van der Waals surface area (Å²) in [6, 6.07) is 0. The largest absolute Gasteiger partial charge is 0.522 e. The molecule has 0 unspecified atom stereocenters. The minimum atomic E-state index is 0.795. The van der Waals surface area contributed by atoms with Gasteiger partial charge in [0.15, 0.2) is 12.8 Å². The fraction of sp³-hybridized carbons (Fsp3) is 0.400. The molecule has 2 aliphatic heterocycles. The summed E-state index contributed by atoms with van der Waals surface area (Å²) in [6.07, 6.45) is 3.40. The third-order valence-corrected chi connectivity index (χ3v) is 1.34. The van der Waals surface area contributed by atoms with Crippen molar-refractivity contribution in [2.24, 2.45) is 5.10 Å². The van der Waals surface area contributed by atoms with Gasteiger partial charge in [-0.05, 0) is 4.68 Å². The molecule has 4 nitrogen and oxygen atoms in total. The van der Waals surface area contributed by atoms with Crippen molar-refractivity contribution in [1.29, 1.82) is 0 Å². The van der Waals surface area contributed by atoms with Crippen LogP contribution in [0.4, 0.5) is 0 Å². The van der Waals surface area contributed by atoms with Crippen LogP contribution in [0.1, 0.15) is 0 Å². The van der Waals surface area contributed by atoms with Gasteiger partial charge in [0.05, 0.1) is 0 Å². The molecule has 1 N–H and O–H groups in total. The number of hydrogen-bond acceptors (Lipinski definition) is 3. The number of nitrogens with one attached hydrogen (secondary N) is 1. The van der Waals surface area contributed by atoms with E-state index in [1.807, 2.05) is 4.68 Å². The van der Waals surface area contributed by atoms with Gasteiger partial charge in [0.1, 0.15) is 4.99 Å². The Morgan fingerprint density at radius 2 is 2.78 bits per heavy atom. The molecule has 0 saturated heterocycles. The minimum absolute atomic E-state index is 0.795. The van der Waals surface area contributed by atoms with Gasteiger partial charge >= 0.3 is 5.84 Å². The fourth-order valence-electron chi connectivity index (χ4n) is 0.906. The lowest BCUT2D eigenvalue weighted by Crippen LogP contribution is -2.21. The molecule has 4 heteroatoms. The van der Waals surface area contributed by atoms with Crippen molar-refractivity contribution in [1.82, 2.24) is 10.3 Å². The van der Waals surface area contributed by atoms with Gasteiger partial charge in [0.2, 0.25) is 6.67 Å². The van der Waals surface area contributed by atoms with Crippen LogP contribution < -0.4 is 10.3 Å². The van der Waals surface area contributed by atoms with Crippen LogP contribution in [0.3, 0.4) is 0 Å². The highest BCUT2D eigenvalue weighted by atomic mass is 15.5. The molecule has 0 aromatic carbocycles. The molecule has 2 heterocycles. The summed E-state index contributed by atoms with van der Waals surface area (Å²) in [5, 5.41) is 7.18. The zero-order valence-electron chi connectivity index (χ0n) is 4.91. The third kappa shape index (κ3) is 0.675. The van der Waals surface area contributed by atoms with E-state index in [4.69, 9.17) is 0 Å². The van der Waals surface area contributed by atoms with Crippen molar-refractivity contribution >= 4 is 18.3 Å². The van der Waals surface area contributed by atoms with Crippen molar-refractivity contribution in [2.45, 2.75) is 0 Å². The monoisotopic (exact) mass is 123 g/mol. The molecule has 0 aromatic heterocycles. The topological polar surface area (TPSA) is 41.5 Å². The van der Waals surface area contributed by atoms with Gasteiger partial charge < -0.3 is 0 Å². The van der Waals surface area contributed by atoms with Crippen LogP contribution >= 0.6 is 0 Å². The molecule has 0 bridgehead atoms. The first-order chi connectivity index (χ1) is 4.47. The lowest BCUT2D eigenvalue weighted by atomic mass is 10.6.